The zero-order valence-corrected chi connectivity index (χ0v) is 15.4. The van der Waals surface area contributed by atoms with Gasteiger partial charge in [0.15, 0.2) is 0 Å². The normalized spacial score (nSPS) is 13.1. The lowest BCUT2D eigenvalue weighted by atomic mass is 10.2. The molecule has 0 aliphatic rings. The van der Waals surface area contributed by atoms with Gasteiger partial charge in [0.1, 0.15) is 8.07 Å². The van der Waals surface area contributed by atoms with E-state index in [-0.39, 0.29) is 11.6 Å². The molecule has 0 spiro atoms. The molecule has 1 atom stereocenters. The summed E-state index contributed by atoms with van der Waals surface area (Å²) < 4.78 is 0. The van der Waals surface area contributed by atoms with Crippen molar-refractivity contribution >= 4 is 22.1 Å². The second kappa shape index (κ2) is 6.42. The molecular weight excluding hydrogens is 278 g/mol. The zero-order chi connectivity index (χ0) is 15.4. The van der Waals surface area contributed by atoms with Crippen molar-refractivity contribution in [3.63, 3.8) is 0 Å². The largest absolute Gasteiger partial charge is 0.341 e. The van der Waals surface area contributed by atoms with Crippen LogP contribution in [0, 0.1) is 11.5 Å². The fourth-order valence-corrected chi connectivity index (χ4v) is 4.10. The minimum absolute atomic E-state index is 0.104. The molecule has 0 saturated heterocycles. The highest BCUT2D eigenvalue weighted by Crippen LogP contribution is 2.24. The van der Waals surface area contributed by atoms with E-state index in [1.165, 1.54) is 5.56 Å². The van der Waals surface area contributed by atoms with Crippen LogP contribution in [0.4, 0.5) is 0 Å². The van der Waals surface area contributed by atoms with Gasteiger partial charge in [-0.15, -0.1) is 5.54 Å². The smallest absolute Gasteiger partial charge is 0.295 e. The van der Waals surface area contributed by atoms with Gasteiger partial charge in [0.2, 0.25) is 0 Å². The number of amides is 1. The van der Waals surface area contributed by atoms with E-state index in [1.807, 2.05) is 18.2 Å². The van der Waals surface area contributed by atoms with E-state index in [0.717, 1.165) is 0 Å². The van der Waals surface area contributed by atoms with Crippen molar-refractivity contribution in [1.82, 2.24) is 5.32 Å². The molecule has 0 aliphatic carbocycles. The topological polar surface area (TPSA) is 29.1 Å². The summed E-state index contributed by atoms with van der Waals surface area (Å²) in [4.78, 5) is 12.1. The number of hydrogen-bond donors (Lipinski definition) is 1. The van der Waals surface area contributed by atoms with Crippen LogP contribution in [0.1, 0.15) is 11.2 Å². The Labute approximate surface area is 125 Å². The molecule has 1 amide bonds. The van der Waals surface area contributed by atoms with Gasteiger partial charge in [-0.25, -0.2) is 0 Å². The number of nitrogens with one attached hydrogen (secondary N) is 1. The number of carbonyl (C=O) groups excluding carboxylic acids is 1. The lowest BCUT2D eigenvalue weighted by molar-refractivity contribution is -0.116. The van der Waals surface area contributed by atoms with E-state index in [0.29, 0.717) is 0 Å². The molecule has 1 N–H and O–H groups in total. The van der Waals surface area contributed by atoms with Crippen LogP contribution in [0.15, 0.2) is 30.3 Å². The molecule has 0 saturated carbocycles. The van der Waals surface area contributed by atoms with Gasteiger partial charge in [-0.05, 0) is 11.5 Å². The van der Waals surface area contributed by atoms with Gasteiger partial charge >= 0.3 is 0 Å². The fourth-order valence-electron chi connectivity index (χ4n) is 1.86. The summed E-state index contributed by atoms with van der Waals surface area (Å²) in [5.41, 5.74) is 4.40. The van der Waals surface area contributed by atoms with Crippen LogP contribution in [0.25, 0.3) is 0 Å². The van der Waals surface area contributed by atoms with E-state index < -0.39 is 16.1 Å². The summed E-state index contributed by atoms with van der Waals surface area (Å²) in [5, 5.41) is 3.12. The third-order valence-electron chi connectivity index (χ3n) is 2.83. The van der Waals surface area contributed by atoms with Gasteiger partial charge in [0.25, 0.3) is 5.91 Å². The quantitative estimate of drug-likeness (QED) is 0.671. The summed E-state index contributed by atoms with van der Waals surface area (Å²) in [5.74, 6) is 2.63. The Bertz CT molecular complexity index is 515. The minimum atomic E-state index is -1.55. The van der Waals surface area contributed by atoms with Crippen molar-refractivity contribution in [1.29, 1.82) is 0 Å². The highest BCUT2D eigenvalue weighted by molar-refractivity contribution is 6.84. The highest BCUT2D eigenvalue weighted by Gasteiger charge is 2.29. The van der Waals surface area contributed by atoms with Crippen molar-refractivity contribution in [3.8, 4) is 11.5 Å². The van der Waals surface area contributed by atoms with Crippen molar-refractivity contribution in [2.24, 2.45) is 0 Å². The van der Waals surface area contributed by atoms with Crippen molar-refractivity contribution in [2.75, 3.05) is 0 Å². The summed E-state index contributed by atoms with van der Waals surface area (Å²) in [6.07, 6.45) is 0. The molecule has 1 unspecified atom stereocenters. The monoisotopic (exact) mass is 303 g/mol. The third kappa shape index (κ3) is 5.76. The van der Waals surface area contributed by atoms with Gasteiger partial charge in [0.05, 0.1) is 8.07 Å². The standard InChI is InChI=1S/C16H25NOSi2/c1-19(2,3)13-12-15(18)17-16(20(4,5)6)14-10-8-7-9-11-14/h7-11,16H,1-6H3,(H,17,18). The zero-order valence-electron chi connectivity index (χ0n) is 13.4. The second-order valence-electron chi connectivity index (χ2n) is 7.18. The van der Waals surface area contributed by atoms with Gasteiger partial charge in [-0.3, -0.25) is 4.79 Å². The first kappa shape index (κ1) is 16.7. The lowest BCUT2D eigenvalue weighted by Crippen LogP contribution is -2.43. The molecule has 0 fully saturated rings. The Hall–Kier alpha value is -1.32. The Kier molecular flexibility index (Phi) is 5.37. The van der Waals surface area contributed by atoms with Crippen LogP contribution in [-0.2, 0) is 4.79 Å². The average molecular weight is 304 g/mol. The molecule has 0 heterocycles. The van der Waals surface area contributed by atoms with Crippen LogP contribution in [0.3, 0.4) is 0 Å². The van der Waals surface area contributed by atoms with E-state index in [1.54, 1.807) is 0 Å². The van der Waals surface area contributed by atoms with Crippen LogP contribution in [-0.4, -0.2) is 22.1 Å². The first-order valence-corrected chi connectivity index (χ1v) is 14.1. The third-order valence-corrected chi connectivity index (χ3v) is 5.91. The summed E-state index contributed by atoms with van der Waals surface area (Å²) in [6.45, 7) is 13.2. The fraction of sp³-hybridized carbons (Fsp3) is 0.438. The van der Waals surface area contributed by atoms with Crippen molar-refractivity contribution in [2.45, 2.75) is 44.9 Å². The molecule has 4 heteroatoms. The first-order chi connectivity index (χ1) is 9.09. The van der Waals surface area contributed by atoms with Crippen LogP contribution >= 0.6 is 0 Å². The van der Waals surface area contributed by atoms with E-state index in [9.17, 15) is 4.79 Å². The predicted octanol–water partition coefficient (Wildman–Crippen LogP) is 3.60. The molecule has 108 valence electrons. The molecule has 0 aromatic heterocycles. The van der Waals surface area contributed by atoms with Crippen LogP contribution < -0.4 is 5.32 Å². The first-order valence-electron chi connectivity index (χ1n) is 6.98. The molecule has 2 nitrogen and oxygen atoms in total. The summed E-state index contributed by atoms with van der Waals surface area (Å²) in [6, 6.07) is 10.2. The van der Waals surface area contributed by atoms with Gasteiger partial charge in [0, 0.05) is 5.67 Å². The van der Waals surface area contributed by atoms with Gasteiger partial charge < -0.3 is 5.32 Å². The maximum atomic E-state index is 12.1. The van der Waals surface area contributed by atoms with Crippen LogP contribution in [0.5, 0.6) is 0 Å². The maximum Gasteiger partial charge on any atom is 0.295 e. The Morgan fingerprint density at radius 2 is 1.60 bits per heavy atom. The summed E-state index contributed by atoms with van der Waals surface area (Å²) in [7, 11) is -3.06. The Balaban J connectivity index is 2.93. The number of rotatable bonds is 3. The van der Waals surface area contributed by atoms with E-state index >= 15 is 0 Å². The number of hydrogen-bond acceptors (Lipinski definition) is 1. The highest BCUT2D eigenvalue weighted by atomic mass is 28.3. The Morgan fingerprint density at radius 3 is 2.05 bits per heavy atom. The maximum absolute atomic E-state index is 12.1. The SMILES string of the molecule is C[Si](C)(C)C#CC(=O)NC(c1ccccc1)[Si](C)(C)C. The summed E-state index contributed by atoms with van der Waals surface area (Å²) >= 11 is 0. The van der Waals surface area contributed by atoms with E-state index in [2.05, 4.69) is 68.2 Å². The molecule has 0 radical (unpaired) electrons. The van der Waals surface area contributed by atoms with Crippen molar-refractivity contribution in [3.05, 3.63) is 35.9 Å². The number of carbonyl (C=O) groups is 1. The van der Waals surface area contributed by atoms with Gasteiger partial charge in [-0.2, -0.15) is 0 Å². The molecule has 1 aromatic rings. The molecular formula is C16H25NOSi2. The van der Waals surface area contributed by atoms with E-state index in [4.69, 9.17) is 0 Å². The van der Waals surface area contributed by atoms with Crippen molar-refractivity contribution < 1.29 is 4.79 Å². The predicted molar refractivity (Wildman–Crippen MR) is 91.8 cm³/mol. The Morgan fingerprint density at radius 1 is 1.05 bits per heavy atom. The van der Waals surface area contributed by atoms with Gasteiger partial charge in [-0.1, -0.05) is 69.6 Å². The molecule has 1 aromatic carbocycles. The number of benzene rings is 1. The molecule has 0 bridgehead atoms. The molecule has 20 heavy (non-hydrogen) atoms. The van der Waals surface area contributed by atoms with Crippen LogP contribution in [0.2, 0.25) is 39.3 Å². The average Bonchev–Trinajstić information content (AvgIpc) is 2.32. The lowest BCUT2D eigenvalue weighted by Gasteiger charge is -2.29. The molecule has 0 aliphatic heterocycles. The molecule has 1 rings (SSSR count). The minimum Gasteiger partial charge on any atom is -0.341 e. The second-order valence-corrected chi connectivity index (χ2v) is 17.2.